The number of carbonyl (C=O) groups excluding carboxylic acids is 1. The summed E-state index contributed by atoms with van der Waals surface area (Å²) < 4.78 is 9.74. The van der Waals surface area contributed by atoms with Crippen LogP contribution in [-0.4, -0.2) is 48.0 Å². The highest BCUT2D eigenvalue weighted by molar-refractivity contribution is 5.75. The van der Waals surface area contributed by atoms with Gasteiger partial charge in [0.05, 0.1) is 0 Å². The molecule has 1 aliphatic heterocycles. The van der Waals surface area contributed by atoms with Gasteiger partial charge in [-0.1, -0.05) is 11.6 Å². The van der Waals surface area contributed by atoms with Crippen molar-refractivity contribution in [2.24, 2.45) is 14.1 Å². The lowest BCUT2D eigenvalue weighted by Crippen LogP contribution is -2.43. The second kappa shape index (κ2) is 8.24. The van der Waals surface area contributed by atoms with E-state index in [4.69, 9.17) is 4.74 Å². The molecule has 0 radical (unpaired) electrons. The highest BCUT2D eigenvalue weighted by Gasteiger charge is 2.33. The van der Waals surface area contributed by atoms with Gasteiger partial charge >= 0.3 is 11.8 Å². The highest BCUT2D eigenvalue weighted by atomic mass is 16.6. The number of hydrogen-bond donors (Lipinski definition) is 1. The van der Waals surface area contributed by atoms with E-state index < -0.39 is 22.9 Å². The molecule has 2 aromatic rings. The summed E-state index contributed by atoms with van der Waals surface area (Å²) in [5.41, 5.74) is 0.297. The Morgan fingerprint density at radius 2 is 1.90 bits per heavy atom. The molecule has 1 amide bonds. The van der Waals surface area contributed by atoms with Crippen LogP contribution in [0, 0.1) is 0 Å². The Hall–Kier alpha value is -3.04. The van der Waals surface area contributed by atoms with Crippen LogP contribution in [0.15, 0.2) is 21.2 Å². The molecule has 31 heavy (non-hydrogen) atoms. The van der Waals surface area contributed by atoms with Crippen molar-refractivity contribution >= 4 is 23.2 Å². The van der Waals surface area contributed by atoms with E-state index in [0.717, 1.165) is 23.0 Å². The number of aromatic nitrogens is 4. The number of aryl methyl sites for hydroxylation is 1. The number of amides is 1. The third-order valence-electron chi connectivity index (χ3n) is 5.21. The first-order valence-electron chi connectivity index (χ1n) is 10.5. The van der Waals surface area contributed by atoms with Crippen molar-refractivity contribution in [3.63, 3.8) is 0 Å². The number of imidazole rings is 1. The maximum absolute atomic E-state index is 12.9. The van der Waals surface area contributed by atoms with E-state index in [2.05, 4.69) is 10.3 Å². The molecule has 0 aromatic carbocycles. The molecule has 0 spiro atoms. The number of rotatable bonds is 4. The Labute approximate surface area is 181 Å². The molecule has 1 aliphatic rings. The van der Waals surface area contributed by atoms with Crippen molar-refractivity contribution in [3.05, 3.63) is 32.5 Å². The largest absolute Gasteiger partial charge is 0.444 e. The van der Waals surface area contributed by atoms with Gasteiger partial charge in [-0.2, -0.15) is 4.98 Å². The van der Waals surface area contributed by atoms with Gasteiger partial charge in [-0.3, -0.25) is 18.8 Å². The second-order valence-corrected chi connectivity index (χ2v) is 9.18. The molecular weight excluding hydrogens is 400 g/mol. The van der Waals surface area contributed by atoms with E-state index in [0.29, 0.717) is 30.2 Å². The summed E-state index contributed by atoms with van der Waals surface area (Å²) in [4.78, 5) is 44.2. The van der Waals surface area contributed by atoms with Gasteiger partial charge in [0.2, 0.25) is 5.95 Å². The third kappa shape index (κ3) is 4.52. The summed E-state index contributed by atoms with van der Waals surface area (Å²) in [6, 6.07) is 0. The first kappa shape index (κ1) is 22.6. The predicted molar refractivity (Wildman–Crippen MR) is 119 cm³/mol. The molecule has 0 saturated carbocycles. The van der Waals surface area contributed by atoms with Crippen LogP contribution in [0.25, 0.3) is 11.2 Å². The lowest BCUT2D eigenvalue weighted by molar-refractivity contribution is 0.0244. The average Bonchev–Trinajstić information content (AvgIpc) is 3.26. The molecule has 3 rings (SSSR count). The Balaban J connectivity index is 2.06. The fraction of sp³-hybridized carbons (Fsp3) is 0.619. The SMILES string of the molecule is CC(C)=CCn1c(NC2CCCN2C(=O)OC(C)(C)C)nc2c1c(=O)n(C)c(=O)n2C. The maximum atomic E-state index is 12.9. The Morgan fingerprint density at radius 1 is 1.23 bits per heavy atom. The molecule has 10 heteroatoms. The normalized spacial score (nSPS) is 16.6. The molecule has 1 atom stereocenters. The van der Waals surface area contributed by atoms with Gasteiger partial charge in [0.15, 0.2) is 11.2 Å². The third-order valence-corrected chi connectivity index (χ3v) is 5.21. The number of carbonyl (C=O) groups is 1. The second-order valence-electron chi connectivity index (χ2n) is 9.18. The number of nitrogens with zero attached hydrogens (tertiary/aromatic N) is 5. The predicted octanol–water partition coefficient (Wildman–Crippen LogP) is 2.17. The van der Waals surface area contributed by atoms with E-state index >= 15 is 0 Å². The zero-order valence-corrected chi connectivity index (χ0v) is 19.4. The molecule has 170 valence electrons. The summed E-state index contributed by atoms with van der Waals surface area (Å²) in [6.07, 6.45) is 2.82. The monoisotopic (exact) mass is 432 g/mol. The first-order valence-corrected chi connectivity index (χ1v) is 10.5. The summed E-state index contributed by atoms with van der Waals surface area (Å²) in [5, 5.41) is 3.32. The molecular formula is C21H32N6O4. The van der Waals surface area contributed by atoms with Crippen LogP contribution in [-0.2, 0) is 25.4 Å². The van der Waals surface area contributed by atoms with Gasteiger partial charge in [0.25, 0.3) is 5.56 Å². The maximum Gasteiger partial charge on any atom is 0.411 e. The zero-order valence-electron chi connectivity index (χ0n) is 19.4. The Morgan fingerprint density at radius 3 is 2.52 bits per heavy atom. The van der Waals surface area contributed by atoms with Crippen molar-refractivity contribution in [3.8, 4) is 0 Å². The molecule has 10 nitrogen and oxygen atoms in total. The number of allylic oxidation sites excluding steroid dienone is 2. The van der Waals surface area contributed by atoms with E-state index in [9.17, 15) is 14.4 Å². The topological polar surface area (TPSA) is 103 Å². The molecule has 1 N–H and O–H groups in total. The van der Waals surface area contributed by atoms with Crippen LogP contribution in [0.4, 0.5) is 10.7 Å². The standard InChI is InChI=1S/C21H32N6O4/c1-13(2)10-12-27-15-16(24(6)19(29)25(7)17(15)28)23-18(27)22-14-9-8-11-26(14)20(30)31-21(3,4)5/h10,14H,8-9,11-12H2,1-7H3,(H,22,23). The van der Waals surface area contributed by atoms with Crippen molar-refractivity contribution in [2.75, 3.05) is 11.9 Å². The fourth-order valence-electron chi connectivity index (χ4n) is 3.61. The number of ether oxygens (including phenoxy) is 1. The lowest BCUT2D eigenvalue weighted by Gasteiger charge is -2.29. The number of anilines is 1. The van der Waals surface area contributed by atoms with E-state index in [1.807, 2.05) is 40.7 Å². The zero-order chi connectivity index (χ0) is 23.1. The van der Waals surface area contributed by atoms with Crippen molar-refractivity contribution < 1.29 is 9.53 Å². The number of fused-ring (bicyclic) bond motifs is 1. The molecule has 2 aromatic heterocycles. The highest BCUT2D eigenvalue weighted by Crippen LogP contribution is 2.24. The summed E-state index contributed by atoms with van der Waals surface area (Å²) in [5.74, 6) is 0.436. The van der Waals surface area contributed by atoms with Crippen molar-refractivity contribution in [1.29, 1.82) is 0 Å². The van der Waals surface area contributed by atoms with Crippen LogP contribution < -0.4 is 16.6 Å². The molecule has 0 bridgehead atoms. The molecule has 0 aliphatic carbocycles. The average molecular weight is 433 g/mol. The van der Waals surface area contributed by atoms with Gasteiger partial charge in [0.1, 0.15) is 11.8 Å². The first-order chi connectivity index (χ1) is 14.4. The minimum atomic E-state index is -0.592. The van der Waals surface area contributed by atoms with E-state index in [-0.39, 0.29) is 6.17 Å². The Kier molecular flexibility index (Phi) is 6.02. The van der Waals surface area contributed by atoms with Gasteiger partial charge < -0.3 is 14.6 Å². The molecule has 1 unspecified atom stereocenters. The number of likely N-dealkylation sites (tertiary alicyclic amines) is 1. The molecule has 1 fully saturated rings. The van der Waals surface area contributed by atoms with Gasteiger partial charge in [-0.25, -0.2) is 9.59 Å². The fourth-order valence-corrected chi connectivity index (χ4v) is 3.61. The van der Waals surface area contributed by atoms with Crippen LogP contribution >= 0.6 is 0 Å². The van der Waals surface area contributed by atoms with Crippen molar-refractivity contribution in [1.82, 2.24) is 23.6 Å². The van der Waals surface area contributed by atoms with Gasteiger partial charge in [0, 0.05) is 27.2 Å². The summed E-state index contributed by atoms with van der Waals surface area (Å²) in [6.45, 7) is 10.4. The Bertz CT molecular complexity index is 1140. The van der Waals surface area contributed by atoms with Crippen LogP contribution in [0.5, 0.6) is 0 Å². The molecule has 3 heterocycles. The van der Waals surface area contributed by atoms with Crippen LogP contribution in [0.3, 0.4) is 0 Å². The van der Waals surface area contributed by atoms with Gasteiger partial charge in [-0.05, 0) is 47.5 Å². The van der Waals surface area contributed by atoms with Crippen LogP contribution in [0.1, 0.15) is 47.5 Å². The lowest BCUT2D eigenvalue weighted by atomic mass is 10.2. The van der Waals surface area contributed by atoms with Crippen molar-refractivity contribution in [2.45, 2.75) is 65.8 Å². The minimum absolute atomic E-state index is 0.305. The number of nitrogens with one attached hydrogen (secondary N) is 1. The van der Waals surface area contributed by atoms with E-state index in [1.54, 1.807) is 16.5 Å². The van der Waals surface area contributed by atoms with E-state index in [1.165, 1.54) is 11.6 Å². The smallest absolute Gasteiger partial charge is 0.411 e. The van der Waals surface area contributed by atoms with Crippen LogP contribution in [0.2, 0.25) is 0 Å². The molecule has 1 saturated heterocycles. The summed E-state index contributed by atoms with van der Waals surface area (Å²) in [7, 11) is 3.05. The van der Waals surface area contributed by atoms with Gasteiger partial charge in [-0.15, -0.1) is 0 Å². The summed E-state index contributed by atoms with van der Waals surface area (Å²) >= 11 is 0. The number of hydrogen-bond acceptors (Lipinski definition) is 6. The quantitative estimate of drug-likeness (QED) is 0.743. The minimum Gasteiger partial charge on any atom is -0.444 e.